The monoisotopic (exact) mass is 436 g/mol. The number of fused-ring (bicyclic) bond motifs is 1. The van der Waals surface area contributed by atoms with E-state index in [0.717, 1.165) is 57.5 Å². The highest BCUT2D eigenvalue weighted by atomic mass is 19.1. The predicted octanol–water partition coefficient (Wildman–Crippen LogP) is 3.85. The maximum Gasteiger partial charge on any atom is 0.288 e. The summed E-state index contributed by atoms with van der Waals surface area (Å²) >= 11 is 0. The molecule has 3 heterocycles. The van der Waals surface area contributed by atoms with E-state index in [9.17, 15) is 9.18 Å². The molecule has 1 aromatic carbocycles. The van der Waals surface area contributed by atoms with Crippen molar-refractivity contribution in [2.75, 3.05) is 43.4 Å². The summed E-state index contributed by atoms with van der Waals surface area (Å²) in [4.78, 5) is 26.5. The molecular weight excluding hydrogens is 407 g/mol. The number of pyridine rings is 1. The van der Waals surface area contributed by atoms with Crippen molar-refractivity contribution in [1.29, 1.82) is 0 Å². The van der Waals surface area contributed by atoms with Gasteiger partial charge in [0.25, 0.3) is 5.56 Å². The van der Waals surface area contributed by atoms with Gasteiger partial charge in [0, 0.05) is 60.7 Å². The molecule has 168 valence electrons. The molecule has 1 aliphatic carbocycles. The second kappa shape index (κ2) is 8.50. The van der Waals surface area contributed by atoms with E-state index < -0.39 is 11.4 Å². The van der Waals surface area contributed by atoms with Crippen molar-refractivity contribution in [1.82, 2.24) is 19.4 Å². The zero-order valence-corrected chi connectivity index (χ0v) is 18.6. The molecule has 7 nitrogen and oxygen atoms in total. The number of likely N-dealkylation sites (N-methyl/N-ethyl adjacent to an activating group) is 1. The van der Waals surface area contributed by atoms with E-state index in [1.54, 1.807) is 17.7 Å². The number of halogens is 1. The molecule has 1 aliphatic heterocycles. The van der Waals surface area contributed by atoms with Gasteiger partial charge >= 0.3 is 0 Å². The molecule has 5 rings (SSSR count). The van der Waals surface area contributed by atoms with Gasteiger partial charge in [-0.15, -0.1) is 0 Å². The number of rotatable bonds is 4. The number of nitrogens with one attached hydrogen (secondary N) is 1. The van der Waals surface area contributed by atoms with E-state index >= 15 is 0 Å². The first kappa shape index (κ1) is 20.9. The zero-order valence-electron chi connectivity index (χ0n) is 18.6. The molecule has 8 heteroatoms. The van der Waals surface area contributed by atoms with Gasteiger partial charge < -0.3 is 15.1 Å². The van der Waals surface area contributed by atoms with Crippen molar-refractivity contribution in [3.63, 3.8) is 0 Å². The van der Waals surface area contributed by atoms with Gasteiger partial charge in [0.15, 0.2) is 5.82 Å². The summed E-state index contributed by atoms with van der Waals surface area (Å²) in [5, 5.41) is 3.83. The third-order valence-corrected chi connectivity index (χ3v) is 6.82. The third-order valence-electron chi connectivity index (χ3n) is 6.82. The van der Waals surface area contributed by atoms with Crippen LogP contribution in [0.4, 0.5) is 21.7 Å². The molecule has 2 fully saturated rings. The summed E-state index contributed by atoms with van der Waals surface area (Å²) < 4.78 is 16.2. The van der Waals surface area contributed by atoms with Gasteiger partial charge in [-0.3, -0.25) is 9.36 Å². The minimum absolute atomic E-state index is 0.00859. The van der Waals surface area contributed by atoms with Crippen LogP contribution in [0.15, 0.2) is 35.3 Å². The van der Waals surface area contributed by atoms with Gasteiger partial charge in [-0.1, -0.05) is 12.8 Å². The smallest absolute Gasteiger partial charge is 0.288 e. The quantitative estimate of drug-likeness (QED) is 0.670. The van der Waals surface area contributed by atoms with Gasteiger partial charge in [0.05, 0.1) is 0 Å². The van der Waals surface area contributed by atoms with Crippen LogP contribution in [-0.2, 0) is 0 Å². The lowest BCUT2D eigenvalue weighted by Crippen LogP contribution is -2.44. The number of piperazine rings is 1. The van der Waals surface area contributed by atoms with Gasteiger partial charge in [0.1, 0.15) is 5.65 Å². The van der Waals surface area contributed by atoms with E-state index in [1.807, 2.05) is 12.1 Å². The molecule has 0 spiro atoms. The second-order valence-electron chi connectivity index (χ2n) is 8.95. The topological polar surface area (TPSA) is 66.3 Å². The summed E-state index contributed by atoms with van der Waals surface area (Å²) in [6.45, 7) is 5.78. The Morgan fingerprint density at radius 3 is 2.44 bits per heavy atom. The Balaban J connectivity index is 1.44. The van der Waals surface area contributed by atoms with Crippen molar-refractivity contribution in [3.8, 4) is 0 Å². The van der Waals surface area contributed by atoms with E-state index in [4.69, 9.17) is 0 Å². The van der Waals surface area contributed by atoms with Gasteiger partial charge in [0.2, 0.25) is 5.95 Å². The average Bonchev–Trinajstić information content (AvgIpc) is 3.33. The van der Waals surface area contributed by atoms with Crippen molar-refractivity contribution in [2.24, 2.45) is 0 Å². The minimum Gasteiger partial charge on any atom is -0.369 e. The molecule has 3 aromatic rings. The molecule has 1 saturated heterocycles. The lowest BCUT2D eigenvalue weighted by Gasteiger charge is -2.34. The van der Waals surface area contributed by atoms with Crippen LogP contribution >= 0.6 is 0 Å². The fourth-order valence-electron chi connectivity index (χ4n) is 4.81. The average molecular weight is 437 g/mol. The van der Waals surface area contributed by atoms with Gasteiger partial charge in [-0.25, -0.2) is 9.37 Å². The number of hydrogen-bond donors (Lipinski definition) is 1. The molecule has 2 aliphatic rings. The first-order valence-electron chi connectivity index (χ1n) is 11.4. The van der Waals surface area contributed by atoms with Crippen LogP contribution in [0, 0.1) is 12.7 Å². The van der Waals surface area contributed by atoms with E-state index in [1.165, 1.54) is 5.69 Å². The standard InChI is InChI=1S/C24H29FN6O/c1-16-20-15-26-24(28-22(20)31(23(32)21(16)25)19-5-3-4-6-19)27-17-7-9-18(10-8-17)30-13-11-29(2)12-14-30/h7-10,15,19H,3-6,11-14H2,1-2H3,(H,26,27,28). The highest BCUT2D eigenvalue weighted by molar-refractivity contribution is 5.79. The van der Waals surface area contributed by atoms with Crippen LogP contribution in [0.3, 0.4) is 0 Å². The van der Waals surface area contributed by atoms with Gasteiger partial charge in [-0.2, -0.15) is 4.98 Å². The number of hydrogen-bond acceptors (Lipinski definition) is 6. The van der Waals surface area contributed by atoms with Crippen LogP contribution in [0.5, 0.6) is 0 Å². The minimum atomic E-state index is -0.701. The van der Waals surface area contributed by atoms with Gasteiger partial charge in [-0.05, 0) is 51.1 Å². The highest BCUT2D eigenvalue weighted by Crippen LogP contribution is 2.31. The maximum absolute atomic E-state index is 14.6. The summed E-state index contributed by atoms with van der Waals surface area (Å²) in [6, 6.07) is 8.22. The third kappa shape index (κ3) is 3.83. The lowest BCUT2D eigenvalue weighted by molar-refractivity contribution is 0.313. The van der Waals surface area contributed by atoms with Crippen LogP contribution in [0.2, 0.25) is 0 Å². The lowest BCUT2D eigenvalue weighted by atomic mass is 10.1. The summed E-state index contributed by atoms with van der Waals surface area (Å²) in [5.74, 6) is -0.296. The largest absolute Gasteiger partial charge is 0.369 e. The molecule has 0 amide bonds. The molecule has 1 saturated carbocycles. The molecule has 0 unspecified atom stereocenters. The van der Waals surface area contributed by atoms with E-state index in [2.05, 4.69) is 44.3 Å². The Morgan fingerprint density at radius 1 is 1.06 bits per heavy atom. The predicted molar refractivity (Wildman–Crippen MR) is 125 cm³/mol. The Bertz CT molecular complexity index is 1180. The summed E-state index contributed by atoms with van der Waals surface area (Å²) in [7, 11) is 2.15. The summed E-state index contributed by atoms with van der Waals surface area (Å²) in [5.41, 5.74) is 2.30. The van der Waals surface area contributed by atoms with E-state index in [0.29, 0.717) is 22.5 Å². The van der Waals surface area contributed by atoms with Crippen LogP contribution in [0.25, 0.3) is 11.0 Å². The van der Waals surface area contributed by atoms with Crippen LogP contribution < -0.4 is 15.8 Å². The molecular formula is C24H29FN6O. The molecule has 2 aromatic heterocycles. The maximum atomic E-state index is 14.6. The van der Waals surface area contributed by atoms with Crippen molar-refractivity contribution in [3.05, 3.63) is 52.2 Å². The fraction of sp³-hybridized carbons (Fsp3) is 0.458. The van der Waals surface area contributed by atoms with Crippen molar-refractivity contribution in [2.45, 2.75) is 38.6 Å². The Morgan fingerprint density at radius 2 is 1.75 bits per heavy atom. The molecule has 32 heavy (non-hydrogen) atoms. The normalized spacial score (nSPS) is 17.9. The Hall–Kier alpha value is -3.00. The number of aromatic nitrogens is 3. The van der Waals surface area contributed by atoms with Crippen molar-refractivity contribution < 1.29 is 4.39 Å². The molecule has 0 atom stereocenters. The van der Waals surface area contributed by atoms with Crippen LogP contribution in [-0.4, -0.2) is 52.7 Å². The van der Waals surface area contributed by atoms with E-state index in [-0.39, 0.29) is 6.04 Å². The number of nitrogens with zero attached hydrogens (tertiary/aromatic N) is 5. The summed E-state index contributed by atoms with van der Waals surface area (Å²) in [6.07, 6.45) is 5.45. The number of aryl methyl sites for hydroxylation is 1. The highest BCUT2D eigenvalue weighted by Gasteiger charge is 2.24. The fourth-order valence-corrected chi connectivity index (χ4v) is 4.81. The number of anilines is 3. The molecule has 0 bridgehead atoms. The Labute approximate surface area is 186 Å². The molecule has 1 N–H and O–H groups in total. The SMILES string of the molecule is Cc1c(F)c(=O)n(C2CCCC2)c2nc(Nc3ccc(N4CCN(C)CC4)cc3)ncc12. The zero-order chi connectivity index (χ0) is 22.2. The number of benzene rings is 1. The first-order chi connectivity index (χ1) is 15.5. The first-order valence-corrected chi connectivity index (χ1v) is 11.4. The van der Waals surface area contributed by atoms with Crippen molar-refractivity contribution >= 4 is 28.4 Å². The van der Waals surface area contributed by atoms with Crippen LogP contribution in [0.1, 0.15) is 37.3 Å². The molecule has 0 radical (unpaired) electrons. The second-order valence-corrected chi connectivity index (χ2v) is 8.95. The Kier molecular flexibility index (Phi) is 5.55.